The molecule has 25 heavy (non-hydrogen) atoms. The molecule has 1 aromatic carbocycles. The predicted molar refractivity (Wildman–Crippen MR) is 91.8 cm³/mol. The summed E-state index contributed by atoms with van der Waals surface area (Å²) in [6, 6.07) is 4.75. The molecule has 2 rings (SSSR count). The van der Waals surface area contributed by atoms with Crippen LogP contribution in [0.25, 0.3) is 0 Å². The average Bonchev–Trinajstić information content (AvgIpc) is 2.48. The average molecular weight is 346 g/mol. The fourth-order valence-electron chi connectivity index (χ4n) is 3.55. The minimum atomic E-state index is -0.591. The van der Waals surface area contributed by atoms with Crippen LogP contribution >= 0.6 is 0 Å². The van der Waals surface area contributed by atoms with Crippen molar-refractivity contribution in [2.45, 2.75) is 64.6 Å². The third-order valence-corrected chi connectivity index (χ3v) is 4.54. The molecule has 1 radical (unpaired) electrons. The van der Waals surface area contributed by atoms with Gasteiger partial charge in [0.15, 0.2) is 0 Å². The molecule has 1 aromatic rings. The minimum Gasteiger partial charge on any atom is -0.410 e. The predicted octanol–water partition coefficient (Wildman–Crippen LogP) is 3.42. The van der Waals surface area contributed by atoms with Gasteiger partial charge >= 0.3 is 6.09 Å². The van der Waals surface area contributed by atoms with Gasteiger partial charge in [-0.25, -0.2) is 9.59 Å². The van der Waals surface area contributed by atoms with Gasteiger partial charge in [-0.3, -0.25) is 0 Å². The molecular weight excluding hydrogens is 322 g/mol. The Kier molecular flexibility index (Phi) is 5.32. The van der Waals surface area contributed by atoms with Crippen molar-refractivity contribution >= 4 is 17.9 Å². The number of nitrogens with zero attached hydrogens (tertiary/aromatic N) is 2. The fourth-order valence-corrected chi connectivity index (χ4v) is 3.55. The van der Waals surface area contributed by atoms with E-state index in [4.69, 9.17) is 4.74 Å². The van der Waals surface area contributed by atoms with Crippen LogP contribution in [0.15, 0.2) is 23.2 Å². The first-order chi connectivity index (χ1) is 11.6. The second-order valence-electron chi connectivity index (χ2n) is 7.66. The normalized spacial score (nSPS) is 19.8. The fraction of sp³-hybridized carbons (Fsp3) is 0.556. The van der Waals surface area contributed by atoms with E-state index in [1.54, 1.807) is 25.1 Å². The van der Waals surface area contributed by atoms with Gasteiger partial charge in [0.2, 0.25) is 6.08 Å². The monoisotopic (exact) mass is 346 g/mol. The smallest absolute Gasteiger partial charge is 0.410 e. The number of hydrogen-bond donors (Lipinski definition) is 1. The highest BCUT2D eigenvalue weighted by Gasteiger charge is 2.46. The number of amides is 1. The summed E-state index contributed by atoms with van der Waals surface area (Å²) in [7, 11) is 0. The van der Waals surface area contributed by atoms with Gasteiger partial charge in [-0.2, -0.15) is 4.99 Å². The van der Waals surface area contributed by atoms with Gasteiger partial charge < -0.3 is 10.1 Å². The lowest BCUT2D eigenvalue weighted by molar-refractivity contribution is -0.289. The van der Waals surface area contributed by atoms with Gasteiger partial charge in [0.1, 0.15) is 5.75 Å². The molecule has 1 N–H and O–H groups in total. The number of hydrogen-bond acceptors (Lipinski definition) is 5. The highest BCUT2D eigenvalue weighted by Crippen LogP contribution is 2.37. The van der Waals surface area contributed by atoms with Crippen molar-refractivity contribution < 1.29 is 19.5 Å². The van der Waals surface area contributed by atoms with E-state index < -0.39 is 17.2 Å². The lowest BCUT2D eigenvalue weighted by Crippen LogP contribution is -2.62. The van der Waals surface area contributed by atoms with E-state index in [-0.39, 0.29) is 6.04 Å². The number of nitrogens with one attached hydrogen (secondary N) is 1. The Hall–Kier alpha value is -2.21. The minimum absolute atomic E-state index is 0.167. The lowest BCUT2D eigenvalue weighted by atomic mass is 9.79. The molecule has 0 atom stereocenters. The molecule has 0 aromatic heterocycles. The maximum Gasteiger partial charge on any atom is 0.412 e. The topological polar surface area (TPSA) is 90.9 Å². The summed E-state index contributed by atoms with van der Waals surface area (Å²) in [5, 5.41) is 16.3. The zero-order chi connectivity index (χ0) is 18.8. The van der Waals surface area contributed by atoms with Crippen molar-refractivity contribution in [1.29, 1.82) is 0 Å². The number of hydroxylamine groups is 2. The zero-order valence-corrected chi connectivity index (χ0v) is 15.3. The van der Waals surface area contributed by atoms with Crippen LogP contribution in [-0.4, -0.2) is 34.4 Å². The van der Waals surface area contributed by atoms with E-state index in [0.717, 1.165) is 5.06 Å². The first-order valence-corrected chi connectivity index (χ1v) is 8.20. The van der Waals surface area contributed by atoms with Crippen molar-refractivity contribution in [3.8, 4) is 5.75 Å². The Bertz CT molecular complexity index is 690. The molecule has 0 saturated carbocycles. The quantitative estimate of drug-likeness (QED) is 0.670. The Balaban J connectivity index is 2.08. The van der Waals surface area contributed by atoms with Crippen molar-refractivity contribution in [1.82, 2.24) is 10.4 Å². The summed E-state index contributed by atoms with van der Waals surface area (Å²) >= 11 is 0. The van der Waals surface area contributed by atoms with E-state index in [1.807, 2.05) is 27.7 Å². The van der Waals surface area contributed by atoms with E-state index in [9.17, 15) is 14.8 Å². The maximum absolute atomic E-state index is 12.4. The summed E-state index contributed by atoms with van der Waals surface area (Å²) < 4.78 is 5.37. The van der Waals surface area contributed by atoms with Crippen molar-refractivity contribution in [3.05, 3.63) is 23.8 Å². The molecule has 1 heterocycles. The molecule has 0 bridgehead atoms. The molecule has 7 nitrogen and oxygen atoms in total. The summed E-state index contributed by atoms with van der Waals surface area (Å²) in [6.07, 6.45) is 1.95. The molecule has 135 valence electrons. The number of carbonyl (C=O) groups is 1. The van der Waals surface area contributed by atoms with Crippen LogP contribution in [0.2, 0.25) is 0 Å². The molecule has 0 unspecified atom stereocenters. The maximum atomic E-state index is 12.4. The largest absolute Gasteiger partial charge is 0.412 e. The molecular formula is C18H24N3O4. The van der Waals surface area contributed by atoms with Gasteiger partial charge in [0.25, 0.3) is 0 Å². The van der Waals surface area contributed by atoms with Crippen LogP contribution in [0.5, 0.6) is 5.75 Å². The van der Waals surface area contributed by atoms with Crippen molar-refractivity contribution in [3.63, 3.8) is 0 Å². The van der Waals surface area contributed by atoms with E-state index >= 15 is 0 Å². The first-order valence-electron chi connectivity index (χ1n) is 8.20. The molecule has 1 aliphatic rings. The summed E-state index contributed by atoms with van der Waals surface area (Å²) in [4.78, 5) is 26.3. The summed E-state index contributed by atoms with van der Waals surface area (Å²) in [5.74, 6) is 0.328. The van der Waals surface area contributed by atoms with Crippen LogP contribution in [0.1, 0.15) is 46.1 Å². The SMILES string of the molecule is Cc1c(N=C=O)cccc1OC(=O)NC1CC(C)(C)N([O])C(C)(C)C1. The van der Waals surface area contributed by atoms with Gasteiger partial charge in [-0.1, -0.05) is 6.07 Å². The second-order valence-corrected chi connectivity index (χ2v) is 7.66. The molecule has 1 fully saturated rings. The Morgan fingerprint density at radius 3 is 2.44 bits per heavy atom. The molecule has 1 aliphatic heterocycles. The van der Waals surface area contributed by atoms with Crippen LogP contribution in [0, 0.1) is 6.92 Å². The molecule has 1 saturated heterocycles. The van der Waals surface area contributed by atoms with Gasteiger partial charge in [0.05, 0.1) is 5.69 Å². The van der Waals surface area contributed by atoms with E-state index in [2.05, 4.69) is 10.3 Å². The van der Waals surface area contributed by atoms with Gasteiger partial charge in [-0.15, -0.1) is 10.3 Å². The number of isocyanates is 1. The first kappa shape index (κ1) is 19.1. The van der Waals surface area contributed by atoms with Crippen LogP contribution in [0.3, 0.4) is 0 Å². The number of benzene rings is 1. The van der Waals surface area contributed by atoms with Crippen molar-refractivity contribution in [2.24, 2.45) is 4.99 Å². The van der Waals surface area contributed by atoms with E-state index in [0.29, 0.717) is 29.8 Å². The summed E-state index contributed by atoms with van der Waals surface area (Å²) in [6.45, 7) is 9.18. The number of carbonyl (C=O) groups excluding carboxylic acids is 2. The number of aliphatic imine (C=N–C) groups is 1. The molecule has 1 amide bonds. The Labute approximate surface area is 147 Å². The Morgan fingerprint density at radius 1 is 1.28 bits per heavy atom. The molecule has 0 spiro atoms. The third kappa shape index (κ3) is 4.25. The Morgan fingerprint density at radius 2 is 1.88 bits per heavy atom. The second kappa shape index (κ2) is 6.96. The highest BCUT2D eigenvalue weighted by molar-refractivity contribution is 5.72. The standard InChI is InChI=1S/C18H24N3O4/c1-12-14(19-11-22)7-6-8-15(12)25-16(23)20-13-9-17(2,3)21(24)18(4,5)10-13/h6-8,13H,9-10H2,1-5H3,(H,20,23). The highest BCUT2D eigenvalue weighted by atomic mass is 16.6. The third-order valence-electron chi connectivity index (χ3n) is 4.54. The number of rotatable bonds is 3. The molecule has 7 heteroatoms. The van der Waals surface area contributed by atoms with E-state index in [1.165, 1.54) is 6.08 Å². The number of ether oxygens (including phenoxy) is 1. The van der Waals surface area contributed by atoms with Gasteiger partial charge in [0, 0.05) is 22.7 Å². The van der Waals surface area contributed by atoms with Crippen LogP contribution in [0.4, 0.5) is 10.5 Å². The summed E-state index contributed by atoms with van der Waals surface area (Å²) in [5.41, 5.74) is -0.166. The van der Waals surface area contributed by atoms with Crippen molar-refractivity contribution in [2.75, 3.05) is 0 Å². The van der Waals surface area contributed by atoms with Crippen LogP contribution in [-0.2, 0) is 10.0 Å². The lowest BCUT2D eigenvalue weighted by Gasteiger charge is -2.49. The number of piperidine rings is 1. The van der Waals surface area contributed by atoms with Crippen LogP contribution < -0.4 is 10.1 Å². The van der Waals surface area contributed by atoms with Gasteiger partial charge in [-0.05, 0) is 59.6 Å². The molecule has 0 aliphatic carbocycles. The zero-order valence-electron chi connectivity index (χ0n) is 15.3.